The first kappa shape index (κ1) is 16.1. The van der Waals surface area contributed by atoms with Crippen molar-refractivity contribution in [1.29, 1.82) is 0 Å². The summed E-state index contributed by atoms with van der Waals surface area (Å²) in [5.74, 6) is -1.27. The Hall–Kier alpha value is -1.24. The van der Waals surface area contributed by atoms with E-state index in [4.69, 9.17) is 23.2 Å². The van der Waals surface area contributed by atoms with E-state index in [2.05, 4.69) is 15.5 Å². The number of anilines is 1. The summed E-state index contributed by atoms with van der Waals surface area (Å²) < 4.78 is 13.4. The fourth-order valence-electron chi connectivity index (χ4n) is 1.44. The van der Waals surface area contributed by atoms with Gasteiger partial charge in [-0.2, -0.15) is 0 Å². The first-order chi connectivity index (χ1) is 9.68. The highest BCUT2D eigenvalue weighted by Crippen LogP contribution is 2.29. The van der Waals surface area contributed by atoms with Crippen molar-refractivity contribution in [2.45, 2.75) is 26.2 Å². The van der Waals surface area contributed by atoms with Crippen molar-refractivity contribution in [3.8, 4) is 0 Å². The molecule has 21 heavy (non-hydrogen) atoms. The fraction of sp³-hybridized carbons (Fsp3) is 0.308. The second kappa shape index (κ2) is 5.87. The Bertz CT molecular complexity index is 697. The molecule has 0 aliphatic carbocycles. The zero-order valence-electron chi connectivity index (χ0n) is 11.5. The van der Waals surface area contributed by atoms with E-state index >= 15 is 0 Å². The third kappa shape index (κ3) is 3.70. The molecular weight excluding hydrogens is 336 g/mol. The maximum absolute atomic E-state index is 13.4. The number of hydrogen-bond donors (Lipinski definition) is 1. The molecule has 0 radical (unpaired) electrons. The van der Waals surface area contributed by atoms with Crippen LogP contribution in [0, 0.1) is 5.82 Å². The maximum atomic E-state index is 13.4. The molecule has 4 nitrogen and oxygen atoms in total. The van der Waals surface area contributed by atoms with Gasteiger partial charge in [0.1, 0.15) is 10.8 Å². The van der Waals surface area contributed by atoms with E-state index in [1.165, 1.54) is 17.4 Å². The van der Waals surface area contributed by atoms with E-state index in [1.54, 1.807) is 0 Å². The normalized spacial score (nSPS) is 11.5. The molecule has 0 fully saturated rings. The van der Waals surface area contributed by atoms with Crippen molar-refractivity contribution >= 4 is 45.6 Å². The molecule has 8 heteroatoms. The zero-order chi connectivity index (χ0) is 15.8. The summed E-state index contributed by atoms with van der Waals surface area (Å²) in [5, 5.41) is 11.5. The van der Waals surface area contributed by atoms with Crippen LogP contribution in [0.2, 0.25) is 10.0 Å². The molecule has 2 rings (SSSR count). The number of amides is 1. The first-order valence-electron chi connectivity index (χ1n) is 5.98. The Morgan fingerprint density at radius 1 is 1.24 bits per heavy atom. The zero-order valence-corrected chi connectivity index (χ0v) is 13.8. The van der Waals surface area contributed by atoms with Crippen LogP contribution in [0.5, 0.6) is 0 Å². The number of carbonyl (C=O) groups is 1. The van der Waals surface area contributed by atoms with Gasteiger partial charge in [-0.1, -0.05) is 55.3 Å². The molecular formula is C13H12Cl2FN3OS. The molecule has 0 saturated carbocycles. The van der Waals surface area contributed by atoms with E-state index in [1.807, 2.05) is 20.8 Å². The van der Waals surface area contributed by atoms with Gasteiger partial charge in [0.05, 0.1) is 15.6 Å². The summed E-state index contributed by atoms with van der Waals surface area (Å²) in [5.41, 5.74) is -0.170. The Kier molecular flexibility index (Phi) is 4.51. The summed E-state index contributed by atoms with van der Waals surface area (Å²) in [6.45, 7) is 5.97. The Morgan fingerprint density at radius 2 is 1.90 bits per heavy atom. The summed E-state index contributed by atoms with van der Waals surface area (Å²) >= 11 is 12.7. The largest absolute Gasteiger partial charge is 0.296 e. The van der Waals surface area contributed by atoms with Crippen molar-refractivity contribution in [1.82, 2.24) is 10.2 Å². The maximum Gasteiger partial charge on any atom is 0.259 e. The van der Waals surface area contributed by atoms with Gasteiger partial charge < -0.3 is 0 Å². The minimum absolute atomic E-state index is 0.00826. The molecule has 1 amide bonds. The van der Waals surface area contributed by atoms with Gasteiger partial charge in [-0.15, -0.1) is 10.2 Å². The summed E-state index contributed by atoms with van der Waals surface area (Å²) in [7, 11) is 0. The molecule has 0 bridgehead atoms. The number of carbonyl (C=O) groups excluding carboxylic acids is 1. The highest BCUT2D eigenvalue weighted by atomic mass is 35.5. The molecule has 0 spiro atoms. The van der Waals surface area contributed by atoms with Gasteiger partial charge in [-0.25, -0.2) is 4.39 Å². The van der Waals surface area contributed by atoms with Crippen LogP contribution in [-0.4, -0.2) is 16.1 Å². The smallest absolute Gasteiger partial charge is 0.259 e. The molecule has 1 aromatic heterocycles. The van der Waals surface area contributed by atoms with Gasteiger partial charge in [-0.05, 0) is 12.1 Å². The highest BCUT2D eigenvalue weighted by molar-refractivity contribution is 7.15. The van der Waals surface area contributed by atoms with Crippen LogP contribution in [0.4, 0.5) is 9.52 Å². The number of aromatic nitrogens is 2. The van der Waals surface area contributed by atoms with Crippen LogP contribution in [0.25, 0.3) is 0 Å². The van der Waals surface area contributed by atoms with E-state index in [0.29, 0.717) is 5.13 Å². The van der Waals surface area contributed by atoms with Gasteiger partial charge in [0.15, 0.2) is 0 Å². The number of nitrogens with zero attached hydrogens (tertiary/aromatic N) is 2. The quantitative estimate of drug-likeness (QED) is 0.811. The minimum atomic E-state index is -0.709. The topological polar surface area (TPSA) is 54.9 Å². The Morgan fingerprint density at radius 3 is 2.48 bits per heavy atom. The predicted molar refractivity (Wildman–Crippen MR) is 83.0 cm³/mol. The molecule has 1 heterocycles. The van der Waals surface area contributed by atoms with Crippen molar-refractivity contribution in [2.24, 2.45) is 0 Å². The second-order valence-electron chi connectivity index (χ2n) is 5.36. The number of hydrogen-bond acceptors (Lipinski definition) is 4. The highest BCUT2D eigenvalue weighted by Gasteiger charge is 2.21. The molecule has 1 N–H and O–H groups in total. The summed E-state index contributed by atoms with van der Waals surface area (Å²) in [6.07, 6.45) is 0. The third-order valence-electron chi connectivity index (χ3n) is 2.54. The van der Waals surface area contributed by atoms with Crippen LogP contribution in [0.1, 0.15) is 36.1 Å². The SMILES string of the molecule is CC(C)(C)c1nnc(NC(=O)c2cc(F)c(Cl)cc2Cl)s1. The summed E-state index contributed by atoms with van der Waals surface area (Å²) in [6, 6.07) is 2.18. The number of halogens is 3. The minimum Gasteiger partial charge on any atom is -0.296 e. The lowest BCUT2D eigenvalue weighted by atomic mass is 9.98. The molecule has 0 aliphatic rings. The average Bonchev–Trinajstić information content (AvgIpc) is 2.82. The molecule has 112 valence electrons. The van der Waals surface area contributed by atoms with E-state index in [-0.39, 0.29) is 21.0 Å². The second-order valence-corrected chi connectivity index (χ2v) is 7.15. The van der Waals surface area contributed by atoms with Crippen LogP contribution >= 0.6 is 34.5 Å². The van der Waals surface area contributed by atoms with Crippen molar-refractivity contribution in [3.05, 3.63) is 38.6 Å². The van der Waals surface area contributed by atoms with Crippen molar-refractivity contribution < 1.29 is 9.18 Å². The van der Waals surface area contributed by atoms with Crippen molar-refractivity contribution in [3.63, 3.8) is 0 Å². The molecule has 2 aromatic rings. The molecule has 1 aromatic carbocycles. The lowest BCUT2D eigenvalue weighted by Crippen LogP contribution is -2.12. The molecule has 0 aliphatic heterocycles. The standard InChI is InChI=1S/C13H12Cl2FN3OS/c1-13(2,3)11-18-19-12(21-11)17-10(20)6-4-9(16)8(15)5-7(6)14/h4-5H,1-3H3,(H,17,19,20). The Labute approximate surface area is 135 Å². The van der Waals surface area contributed by atoms with Gasteiger partial charge in [0.2, 0.25) is 5.13 Å². The van der Waals surface area contributed by atoms with Crippen molar-refractivity contribution in [2.75, 3.05) is 5.32 Å². The van der Waals surface area contributed by atoms with Gasteiger partial charge in [0, 0.05) is 5.41 Å². The molecule has 0 saturated heterocycles. The fourth-order valence-corrected chi connectivity index (χ4v) is 2.70. The number of benzene rings is 1. The Balaban J connectivity index is 2.22. The monoisotopic (exact) mass is 347 g/mol. The van der Waals surface area contributed by atoms with Gasteiger partial charge >= 0.3 is 0 Å². The lowest BCUT2D eigenvalue weighted by molar-refractivity contribution is 0.102. The number of rotatable bonds is 2. The molecule has 0 unspecified atom stereocenters. The van der Waals surface area contributed by atoms with E-state index in [9.17, 15) is 9.18 Å². The van der Waals surface area contributed by atoms with Crippen LogP contribution in [0.15, 0.2) is 12.1 Å². The number of nitrogens with one attached hydrogen (secondary N) is 1. The third-order valence-corrected chi connectivity index (χ3v) is 4.41. The lowest BCUT2D eigenvalue weighted by Gasteiger charge is -2.12. The molecule has 0 atom stereocenters. The van der Waals surface area contributed by atoms with E-state index < -0.39 is 11.7 Å². The van der Waals surface area contributed by atoms with Gasteiger partial charge in [0.25, 0.3) is 5.91 Å². The summed E-state index contributed by atoms with van der Waals surface area (Å²) in [4.78, 5) is 12.1. The van der Waals surface area contributed by atoms with Crippen LogP contribution < -0.4 is 5.32 Å². The van der Waals surface area contributed by atoms with Gasteiger partial charge in [-0.3, -0.25) is 10.1 Å². The predicted octanol–water partition coefficient (Wildman–Crippen LogP) is 4.53. The average molecular weight is 348 g/mol. The first-order valence-corrected chi connectivity index (χ1v) is 7.55. The van der Waals surface area contributed by atoms with Crippen LogP contribution in [0.3, 0.4) is 0 Å². The van der Waals surface area contributed by atoms with E-state index in [0.717, 1.165) is 11.1 Å². The van der Waals surface area contributed by atoms with Crippen LogP contribution in [-0.2, 0) is 5.41 Å².